The number of hydrogen-bond donors (Lipinski definition) is 1. The van der Waals surface area contributed by atoms with E-state index in [2.05, 4.69) is 0 Å². The number of aromatic carboxylic acids is 1. The summed E-state index contributed by atoms with van der Waals surface area (Å²) in [5.74, 6) is -1.83. The van der Waals surface area contributed by atoms with Crippen LogP contribution in [0.15, 0.2) is 12.1 Å². The average molecular weight is 179 g/mol. The van der Waals surface area contributed by atoms with Gasteiger partial charge in [0.25, 0.3) is 0 Å². The lowest BCUT2D eigenvalue weighted by molar-refractivity contribution is 0.0696. The molecule has 1 rings (SSSR count). The van der Waals surface area contributed by atoms with Crippen molar-refractivity contribution in [3.63, 3.8) is 0 Å². The second-order valence-corrected chi connectivity index (χ2v) is 2.57. The zero-order valence-electron chi connectivity index (χ0n) is 6.84. The van der Waals surface area contributed by atoms with Crippen molar-refractivity contribution in [1.82, 2.24) is 0 Å². The molecule has 0 bridgehead atoms. The summed E-state index contributed by atoms with van der Waals surface area (Å²) in [5, 5.41) is 17.1. The van der Waals surface area contributed by atoms with Crippen LogP contribution >= 0.6 is 0 Å². The van der Waals surface area contributed by atoms with Gasteiger partial charge in [0, 0.05) is 0 Å². The summed E-state index contributed by atoms with van der Waals surface area (Å²) in [5.41, 5.74) is -0.149. The molecule has 3 nitrogen and oxygen atoms in total. The standard InChI is InChI=1S/C9H6FNO2/c1-5-2-6(9(12)13)3-7(4-11)8(5)10/h2-3H,1H3,(H,12,13). The van der Waals surface area contributed by atoms with E-state index in [0.717, 1.165) is 6.07 Å². The highest BCUT2D eigenvalue weighted by atomic mass is 19.1. The fourth-order valence-corrected chi connectivity index (χ4v) is 0.974. The van der Waals surface area contributed by atoms with Crippen molar-refractivity contribution in [2.75, 3.05) is 0 Å². The highest BCUT2D eigenvalue weighted by Crippen LogP contribution is 2.14. The average Bonchev–Trinajstić information content (AvgIpc) is 2.09. The zero-order chi connectivity index (χ0) is 10.0. The quantitative estimate of drug-likeness (QED) is 0.713. The van der Waals surface area contributed by atoms with Crippen molar-refractivity contribution in [1.29, 1.82) is 5.26 Å². The van der Waals surface area contributed by atoms with Crippen LogP contribution in [0.4, 0.5) is 4.39 Å². The molecule has 0 fully saturated rings. The third-order valence-corrected chi connectivity index (χ3v) is 1.62. The van der Waals surface area contributed by atoms with Gasteiger partial charge >= 0.3 is 5.97 Å². The first-order valence-electron chi connectivity index (χ1n) is 3.50. The third kappa shape index (κ3) is 1.64. The Balaban J connectivity index is 3.41. The summed E-state index contributed by atoms with van der Waals surface area (Å²) < 4.78 is 13.0. The number of carboxylic acids is 1. The van der Waals surface area contributed by atoms with Gasteiger partial charge in [-0.3, -0.25) is 0 Å². The van der Waals surface area contributed by atoms with E-state index in [4.69, 9.17) is 10.4 Å². The first kappa shape index (κ1) is 9.20. The molecule has 4 heteroatoms. The number of carbonyl (C=O) groups is 1. The molecule has 0 aromatic heterocycles. The molecule has 1 aromatic rings. The summed E-state index contributed by atoms with van der Waals surface area (Å²) in [7, 11) is 0. The van der Waals surface area contributed by atoms with Crippen LogP contribution in [0, 0.1) is 24.1 Å². The van der Waals surface area contributed by atoms with Crippen LogP contribution in [0.2, 0.25) is 0 Å². The largest absolute Gasteiger partial charge is 0.478 e. The predicted molar refractivity (Wildman–Crippen MR) is 42.8 cm³/mol. The van der Waals surface area contributed by atoms with Gasteiger partial charge in [0.2, 0.25) is 0 Å². The Labute approximate surface area is 74.0 Å². The first-order valence-corrected chi connectivity index (χ1v) is 3.50. The third-order valence-electron chi connectivity index (χ3n) is 1.62. The maximum atomic E-state index is 13.0. The van der Waals surface area contributed by atoms with Gasteiger partial charge < -0.3 is 5.11 Å². The molecule has 0 atom stereocenters. The van der Waals surface area contributed by atoms with Crippen LogP contribution in [0.25, 0.3) is 0 Å². The number of aryl methyl sites for hydroxylation is 1. The topological polar surface area (TPSA) is 61.1 Å². The Morgan fingerprint density at radius 1 is 1.62 bits per heavy atom. The molecular weight excluding hydrogens is 173 g/mol. The number of carboxylic acid groups (broad SMARTS) is 1. The molecule has 0 saturated carbocycles. The first-order chi connectivity index (χ1) is 6.06. The smallest absolute Gasteiger partial charge is 0.335 e. The molecule has 13 heavy (non-hydrogen) atoms. The summed E-state index contributed by atoms with van der Waals surface area (Å²) in [6, 6.07) is 3.80. The summed E-state index contributed by atoms with van der Waals surface area (Å²) >= 11 is 0. The normalized spacial score (nSPS) is 9.31. The van der Waals surface area contributed by atoms with Crippen LogP contribution in [0.3, 0.4) is 0 Å². The Hall–Kier alpha value is -1.89. The lowest BCUT2D eigenvalue weighted by Gasteiger charge is -2.00. The van der Waals surface area contributed by atoms with Gasteiger partial charge in [-0.2, -0.15) is 5.26 Å². The molecule has 0 aliphatic heterocycles. The van der Waals surface area contributed by atoms with Gasteiger partial charge in [-0.25, -0.2) is 9.18 Å². The van der Waals surface area contributed by atoms with E-state index in [1.165, 1.54) is 13.0 Å². The van der Waals surface area contributed by atoms with Crippen LogP contribution in [0.5, 0.6) is 0 Å². The zero-order valence-corrected chi connectivity index (χ0v) is 6.84. The van der Waals surface area contributed by atoms with Crippen molar-refractivity contribution in [2.45, 2.75) is 6.92 Å². The van der Waals surface area contributed by atoms with E-state index in [9.17, 15) is 9.18 Å². The van der Waals surface area contributed by atoms with Crippen LogP contribution < -0.4 is 0 Å². The monoisotopic (exact) mass is 179 g/mol. The molecule has 0 amide bonds. The Bertz CT molecular complexity index is 407. The van der Waals surface area contributed by atoms with Crippen molar-refractivity contribution in [3.05, 3.63) is 34.6 Å². The molecule has 0 spiro atoms. The second-order valence-electron chi connectivity index (χ2n) is 2.57. The highest BCUT2D eigenvalue weighted by molar-refractivity contribution is 5.88. The van der Waals surface area contributed by atoms with Gasteiger partial charge in [0.05, 0.1) is 11.1 Å². The SMILES string of the molecule is Cc1cc(C(=O)O)cc(C#N)c1F. The van der Waals surface area contributed by atoms with E-state index in [1.807, 2.05) is 0 Å². The molecule has 1 aromatic carbocycles. The van der Waals surface area contributed by atoms with E-state index in [0.29, 0.717) is 0 Å². The molecule has 0 saturated heterocycles. The predicted octanol–water partition coefficient (Wildman–Crippen LogP) is 1.70. The number of rotatable bonds is 1. The minimum absolute atomic E-state index is 0.0737. The van der Waals surface area contributed by atoms with Crippen LogP contribution in [0.1, 0.15) is 21.5 Å². The van der Waals surface area contributed by atoms with Crippen molar-refractivity contribution < 1.29 is 14.3 Å². The second kappa shape index (κ2) is 3.23. The maximum absolute atomic E-state index is 13.0. The Morgan fingerprint density at radius 2 is 2.23 bits per heavy atom. The lowest BCUT2D eigenvalue weighted by atomic mass is 10.1. The van der Waals surface area contributed by atoms with E-state index in [1.54, 1.807) is 6.07 Å². The minimum Gasteiger partial charge on any atom is -0.478 e. The molecule has 66 valence electrons. The molecule has 0 radical (unpaired) electrons. The van der Waals surface area contributed by atoms with Gasteiger partial charge in [0.1, 0.15) is 11.9 Å². The molecule has 0 unspecified atom stereocenters. The van der Waals surface area contributed by atoms with Gasteiger partial charge in [-0.1, -0.05) is 0 Å². The van der Waals surface area contributed by atoms with Crippen LogP contribution in [-0.2, 0) is 0 Å². The number of benzene rings is 1. The molecule has 0 heterocycles. The maximum Gasteiger partial charge on any atom is 0.335 e. The number of nitriles is 1. The van der Waals surface area contributed by atoms with E-state index < -0.39 is 11.8 Å². The van der Waals surface area contributed by atoms with Gasteiger partial charge in [0.15, 0.2) is 0 Å². The Kier molecular flexibility index (Phi) is 2.29. The number of halogens is 1. The number of hydrogen-bond acceptors (Lipinski definition) is 2. The number of nitrogens with zero attached hydrogens (tertiary/aromatic N) is 1. The fourth-order valence-electron chi connectivity index (χ4n) is 0.974. The Morgan fingerprint density at radius 3 is 2.69 bits per heavy atom. The fraction of sp³-hybridized carbons (Fsp3) is 0.111. The van der Waals surface area contributed by atoms with E-state index in [-0.39, 0.29) is 16.7 Å². The highest BCUT2D eigenvalue weighted by Gasteiger charge is 2.10. The molecule has 0 aliphatic carbocycles. The van der Waals surface area contributed by atoms with Gasteiger partial charge in [-0.05, 0) is 24.6 Å². The lowest BCUT2D eigenvalue weighted by Crippen LogP contribution is -2.00. The molecule has 1 N–H and O–H groups in total. The summed E-state index contributed by atoms with van der Waals surface area (Å²) in [4.78, 5) is 10.5. The molecular formula is C9H6FNO2. The van der Waals surface area contributed by atoms with Crippen LogP contribution in [-0.4, -0.2) is 11.1 Å². The molecule has 0 aliphatic rings. The van der Waals surface area contributed by atoms with Crippen molar-refractivity contribution >= 4 is 5.97 Å². The van der Waals surface area contributed by atoms with Crippen molar-refractivity contribution in [2.24, 2.45) is 0 Å². The van der Waals surface area contributed by atoms with Crippen molar-refractivity contribution in [3.8, 4) is 6.07 Å². The van der Waals surface area contributed by atoms with Gasteiger partial charge in [-0.15, -0.1) is 0 Å². The minimum atomic E-state index is -1.17. The summed E-state index contributed by atoms with van der Waals surface area (Å²) in [6.07, 6.45) is 0. The van der Waals surface area contributed by atoms with E-state index >= 15 is 0 Å². The summed E-state index contributed by atoms with van der Waals surface area (Å²) in [6.45, 7) is 1.42.